The molecule has 1 amide bonds. The number of thiocarbonyl (C=S) groups is 1. The average Bonchev–Trinajstić information content (AvgIpc) is 3.34. The largest absolute Gasteiger partial charge is 0.466 e. The topological polar surface area (TPSA) is 121 Å². The van der Waals surface area contributed by atoms with Gasteiger partial charge in [0.15, 0.2) is 5.11 Å². The van der Waals surface area contributed by atoms with E-state index in [1.165, 1.54) is 21.6 Å². The molecular weight excluding hydrogens is 412 g/mol. The maximum Gasteiger partial charge on any atom is 0.305 e. The Morgan fingerprint density at radius 3 is 2.73 bits per heavy atom. The number of ether oxygens (including phenoxy) is 1. The van der Waals surface area contributed by atoms with Gasteiger partial charge >= 0.3 is 5.97 Å². The van der Waals surface area contributed by atoms with E-state index < -0.39 is 4.92 Å². The van der Waals surface area contributed by atoms with Gasteiger partial charge in [-0.15, -0.1) is 0 Å². The van der Waals surface area contributed by atoms with Crippen molar-refractivity contribution in [1.82, 2.24) is 14.5 Å². The fraction of sp³-hybridized carbons (Fsp3) is 0.263. The van der Waals surface area contributed by atoms with Gasteiger partial charge in [0.25, 0.3) is 11.6 Å². The van der Waals surface area contributed by atoms with Crippen LogP contribution in [-0.2, 0) is 9.53 Å². The van der Waals surface area contributed by atoms with Gasteiger partial charge in [0.1, 0.15) is 11.3 Å². The Morgan fingerprint density at radius 2 is 2.07 bits per heavy atom. The Morgan fingerprint density at radius 1 is 1.33 bits per heavy atom. The molecule has 0 aliphatic carbocycles. The third-order valence-corrected chi connectivity index (χ3v) is 5.03. The summed E-state index contributed by atoms with van der Waals surface area (Å²) >= 11 is 5.43. The molecule has 1 aliphatic heterocycles. The van der Waals surface area contributed by atoms with Crippen molar-refractivity contribution in [2.45, 2.75) is 19.8 Å². The molecule has 0 saturated heterocycles. The number of carbonyl (C=O) groups excluding carboxylic acids is 2. The maximum absolute atomic E-state index is 12.7. The lowest BCUT2D eigenvalue weighted by molar-refractivity contribution is -0.384. The average molecular weight is 428 g/mol. The van der Waals surface area contributed by atoms with Crippen LogP contribution in [0.4, 0.5) is 5.69 Å². The van der Waals surface area contributed by atoms with Crippen LogP contribution in [0.15, 0.2) is 34.7 Å². The van der Waals surface area contributed by atoms with Gasteiger partial charge in [-0.3, -0.25) is 24.6 Å². The minimum atomic E-state index is -0.479. The number of nitrogens with zero attached hydrogens (tertiary/aromatic N) is 4. The summed E-state index contributed by atoms with van der Waals surface area (Å²) in [5, 5.41) is 11.0. The molecule has 4 rings (SSSR count). The molecule has 10 nitrogen and oxygen atoms in total. The number of carbonyl (C=O) groups is 2. The highest BCUT2D eigenvalue weighted by Crippen LogP contribution is 2.32. The predicted octanol–water partition coefficient (Wildman–Crippen LogP) is 3.14. The van der Waals surface area contributed by atoms with E-state index in [4.69, 9.17) is 21.4 Å². The third kappa shape index (κ3) is 3.32. The monoisotopic (exact) mass is 428 g/mol. The number of non-ortho nitro benzene ring substituents is 1. The number of rotatable bonds is 7. The molecule has 0 N–H and O–H groups in total. The summed E-state index contributed by atoms with van der Waals surface area (Å²) in [7, 11) is 0. The van der Waals surface area contributed by atoms with Crippen LogP contribution in [0.1, 0.15) is 30.4 Å². The second-order valence-electron chi connectivity index (χ2n) is 6.52. The van der Waals surface area contributed by atoms with Crippen molar-refractivity contribution in [3.05, 3.63) is 46.3 Å². The highest BCUT2D eigenvalue weighted by atomic mass is 32.1. The zero-order valence-electron chi connectivity index (χ0n) is 15.9. The van der Waals surface area contributed by atoms with E-state index in [1.54, 1.807) is 25.1 Å². The summed E-state index contributed by atoms with van der Waals surface area (Å²) in [6.07, 6.45) is 0.591. The first-order chi connectivity index (χ1) is 14.4. The zero-order valence-corrected chi connectivity index (χ0v) is 16.7. The van der Waals surface area contributed by atoms with Crippen LogP contribution >= 0.6 is 12.2 Å². The molecule has 154 valence electrons. The minimum Gasteiger partial charge on any atom is -0.466 e. The molecule has 0 atom stereocenters. The molecule has 0 saturated carbocycles. The molecule has 0 radical (unpaired) electrons. The van der Waals surface area contributed by atoms with Gasteiger partial charge in [-0.1, -0.05) is 0 Å². The van der Waals surface area contributed by atoms with Crippen LogP contribution in [0.25, 0.3) is 22.6 Å². The van der Waals surface area contributed by atoms with Gasteiger partial charge in [-0.25, -0.2) is 9.55 Å². The number of aromatic nitrogens is 2. The van der Waals surface area contributed by atoms with Crippen molar-refractivity contribution in [3.63, 3.8) is 0 Å². The van der Waals surface area contributed by atoms with Gasteiger partial charge in [0.05, 0.1) is 11.5 Å². The number of amides is 1. The summed E-state index contributed by atoms with van der Waals surface area (Å²) in [5.74, 6) is -0.0741. The minimum absolute atomic E-state index is 0.0251. The SMILES string of the molecule is CCOC(=O)CCCN1C(=O)c2nc3cc(-c4ccc([N+](=O)[O-])cc4)oc3n2C1=S. The van der Waals surface area contributed by atoms with Gasteiger partial charge in [0.2, 0.25) is 11.5 Å². The molecule has 3 aromatic rings. The number of nitro groups is 1. The van der Waals surface area contributed by atoms with Gasteiger partial charge in [0, 0.05) is 36.7 Å². The molecule has 3 heterocycles. The summed E-state index contributed by atoms with van der Waals surface area (Å²) in [6, 6.07) is 7.57. The first-order valence-corrected chi connectivity index (χ1v) is 9.60. The second-order valence-corrected chi connectivity index (χ2v) is 6.89. The Kier molecular flexibility index (Phi) is 5.04. The van der Waals surface area contributed by atoms with Crippen molar-refractivity contribution < 1.29 is 23.7 Å². The molecule has 30 heavy (non-hydrogen) atoms. The number of furan rings is 1. The maximum atomic E-state index is 12.7. The predicted molar refractivity (Wildman–Crippen MR) is 109 cm³/mol. The number of hydrogen-bond donors (Lipinski definition) is 0. The molecule has 2 aromatic heterocycles. The Labute approximate surface area is 175 Å². The normalized spacial score (nSPS) is 13.2. The molecule has 1 aromatic carbocycles. The number of imidazole rings is 1. The number of benzene rings is 1. The highest BCUT2D eigenvalue weighted by Gasteiger charge is 2.37. The van der Waals surface area contributed by atoms with E-state index in [2.05, 4.69) is 4.98 Å². The molecular formula is C19H16N4O6S. The number of nitro benzene ring substituents is 1. The number of hydrogen-bond acceptors (Lipinski definition) is 8. The molecule has 0 bridgehead atoms. The fourth-order valence-corrected chi connectivity index (χ4v) is 3.57. The lowest BCUT2D eigenvalue weighted by Gasteiger charge is -2.14. The lowest BCUT2D eigenvalue weighted by atomic mass is 10.1. The van der Waals surface area contributed by atoms with Crippen LogP contribution in [0, 0.1) is 10.1 Å². The van der Waals surface area contributed by atoms with Gasteiger partial charge < -0.3 is 9.15 Å². The van der Waals surface area contributed by atoms with Crippen LogP contribution in [0.3, 0.4) is 0 Å². The van der Waals surface area contributed by atoms with Crippen molar-refractivity contribution in [3.8, 4) is 11.3 Å². The van der Waals surface area contributed by atoms with E-state index in [0.29, 0.717) is 35.6 Å². The van der Waals surface area contributed by atoms with Crippen LogP contribution in [-0.4, -0.2) is 49.5 Å². The van der Waals surface area contributed by atoms with E-state index in [-0.39, 0.29) is 41.5 Å². The Hall–Kier alpha value is -3.60. The first kappa shape index (κ1) is 19.7. The van der Waals surface area contributed by atoms with Gasteiger partial charge in [-0.2, -0.15) is 0 Å². The molecule has 11 heteroatoms. The summed E-state index contributed by atoms with van der Waals surface area (Å²) < 4.78 is 12.2. The van der Waals surface area contributed by atoms with E-state index in [0.717, 1.165) is 0 Å². The van der Waals surface area contributed by atoms with Crippen LogP contribution in [0.5, 0.6) is 0 Å². The second kappa shape index (κ2) is 7.67. The van der Waals surface area contributed by atoms with Gasteiger partial charge in [-0.05, 0) is 37.7 Å². The molecule has 0 fully saturated rings. The standard InChI is InChI=1S/C19H16N4O6S/c1-2-28-15(24)4-3-9-21-17(25)16-20-13-10-14(29-18(13)22(16)19(21)30)11-5-7-12(8-6-11)23(26)27/h5-8,10H,2-4,9H2,1H3. The highest BCUT2D eigenvalue weighted by molar-refractivity contribution is 7.80. The lowest BCUT2D eigenvalue weighted by Crippen LogP contribution is -2.32. The Balaban J connectivity index is 1.56. The first-order valence-electron chi connectivity index (χ1n) is 9.19. The zero-order chi connectivity index (χ0) is 21.4. The summed E-state index contributed by atoms with van der Waals surface area (Å²) in [4.78, 5) is 40.2. The van der Waals surface area contributed by atoms with Crippen molar-refractivity contribution >= 4 is 46.1 Å². The van der Waals surface area contributed by atoms with Crippen molar-refractivity contribution in [2.75, 3.05) is 13.2 Å². The fourth-order valence-electron chi connectivity index (χ4n) is 3.22. The summed E-state index contributed by atoms with van der Waals surface area (Å²) in [5.41, 5.74) is 1.39. The molecule has 0 spiro atoms. The van der Waals surface area contributed by atoms with E-state index >= 15 is 0 Å². The molecule has 0 unspecified atom stereocenters. The number of esters is 1. The van der Waals surface area contributed by atoms with Crippen molar-refractivity contribution in [1.29, 1.82) is 0 Å². The van der Waals surface area contributed by atoms with E-state index in [9.17, 15) is 19.7 Å². The van der Waals surface area contributed by atoms with Crippen LogP contribution < -0.4 is 0 Å². The van der Waals surface area contributed by atoms with E-state index in [1.807, 2.05) is 0 Å². The quantitative estimate of drug-likeness (QED) is 0.244. The van der Waals surface area contributed by atoms with Crippen molar-refractivity contribution in [2.24, 2.45) is 0 Å². The number of fused-ring (bicyclic) bond motifs is 3. The smallest absolute Gasteiger partial charge is 0.305 e. The third-order valence-electron chi connectivity index (χ3n) is 4.62. The van der Waals surface area contributed by atoms with Crippen LogP contribution in [0.2, 0.25) is 0 Å². The molecule has 1 aliphatic rings. The summed E-state index contributed by atoms with van der Waals surface area (Å²) in [6.45, 7) is 2.30. The Bertz CT molecular complexity index is 1180.